The molecule has 0 saturated carbocycles. The Labute approximate surface area is 202 Å². The van der Waals surface area contributed by atoms with Crippen molar-refractivity contribution in [3.8, 4) is 0 Å². The molecule has 33 heavy (non-hydrogen) atoms. The lowest BCUT2D eigenvalue weighted by Gasteiger charge is -2.09. The van der Waals surface area contributed by atoms with Crippen LogP contribution in [0.5, 0.6) is 0 Å². The number of hydrogen-bond acceptors (Lipinski definition) is 4. The number of aromatic nitrogens is 3. The average molecular weight is 528 g/mol. The Kier molecular flexibility index (Phi) is 10.5. The van der Waals surface area contributed by atoms with E-state index in [9.17, 15) is 22.4 Å². The standard InChI is InChI=1S/C7H7ClF2NO.C7H6ClF2N.C7H6ClNO/c1-7(9,10)5-2-3-11(12)6(8)4-5;1-7(9,10)5-2-3-11-6(8)4-5;1-5(10)6-2-3-9-7(8)4-6/h2-4,12H,1H3;2-4H,1H3;2-4H,1H3/q+1;;. The van der Waals surface area contributed by atoms with Crippen molar-refractivity contribution in [2.45, 2.75) is 32.6 Å². The summed E-state index contributed by atoms with van der Waals surface area (Å²) in [5.41, 5.74) is 0.260. The molecule has 0 aliphatic rings. The van der Waals surface area contributed by atoms with E-state index in [4.69, 9.17) is 40.0 Å². The van der Waals surface area contributed by atoms with Crippen LogP contribution >= 0.6 is 34.8 Å². The number of halogens is 7. The van der Waals surface area contributed by atoms with Gasteiger partial charge in [0.25, 0.3) is 11.8 Å². The van der Waals surface area contributed by atoms with Gasteiger partial charge in [-0.2, -0.15) is 0 Å². The molecule has 0 fully saturated rings. The van der Waals surface area contributed by atoms with Crippen molar-refractivity contribution in [1.82, 2.24) is 9.97 Å². The summed E-state index contributed by atoms with van der Waals surface area (Å²) in [5.74, 6) is -5.77. The Morgan fingerprint density at radius 2 is 1.36 bits per heavy atom. The minimum absolute atomic E-state index is 0.00398. The van der Waals surface area contributed by atoms with Crippen molar-refractivity contribution in [3.63, 3.8) is 0 Å². The van der Waals surface area contributed by atoms with E-state index in [1.54, 1.807) is 12.1 Å². The third kappa shape index (κ3) is 10.3. The Bertz CT molecular complexity index is 1090. The maximum Gasteiger partial charge on any atom is 0.325 e. The van der Waals surface area contributed by atoms with Gasteiger partial charge in [-0.1, -0.05) is 23.2 Å². The summed E-state index contributed by atoms with van der Waals surface area (Å²) in [7, 11) is 0. The SMILES string of the molecule is CC(=O)c1ccnc(Cl)c1.CC(F)(F)c1cc[n+](O)c(Cl)c1.CC(F)(F)c1ccnc(Cl)c1. The smallest absolute Gasteiger partial charge is 0.295 e. The first kappa shape index (κ1) is 28.5. The average Bonchev–Trinajstić information content (AvgIpc) is 2.69. The summed E-state index contributed by atoms with van der Waals surface area (Å²) in [5, 5.41) is 9.15. The molecule has 0 saturated heterocycles. The number of ketones is 1. The number of Topliss-reactive ketones (excluding diaryl/α,β-unsaturated/α-hetero) is 1. The van der Waals surface area contributed by atoms with Crippen LogP contribution in [-0.4, -0.2) is 21.0 Å². The Hall–Kier alpha value is -2.49. The molecule has 0 atom stereocenters. The molecular formula is C21H19Cl3F4N3O2+. The van der Waals surface area contributed by atoms with E-state index >= 15 is 0 Å². The van der Waals surface area contributed by atoms with Crippen LogP contribution in [0.4, 0.5) is 17.6 Å². The lowest BCUT2D eigenvalue weighted by atomic mass is 10.2. The topological polar surface area (TPSA) is 67.0 Å². The Morgan fingerprint density at radius 3 is 1.73 bits per heavy atom. The number of rotatable bonds is 3. The number of hydrogen-bond donors (Lipinski definition) is 1. The number of carbonyl (C=O) groups is 1. The minimum Gasteiger partial charge on any atom is -0.295 e. The fourth-order valence-corrected chi connectivity index (χ4v) is 2.56. The van der Waals surface area contributed by atoms with E-state index in [2.05, 4.69) is 9.97 Å². The first-order valence-corrected chi connectivity index (χ1v) is 10.2. The molecule has 5 nitrogen and oxygen atoms in total. The van der Waals surface area contributed by atoms with E-state index in [1.165, 1.54) is 25.4 Å². The number of alkyl halides is 4. The van der Waals surface area contributed by atoms with Gasteiger partial charge in [-0.3, -0.25) is 10.0 Å². The number of nitrogens with zero attached hydrogens (tertiary/aromatic N) is 3. The quantitative estimate of drug-likeness (QED) is 0.134. The number of carbonyl (C=O) groups excluding carboxylic acids is 1. The van der Waals surface area contributed by atoms with Crippen LogP contribution in [0.3, 0.4) is 0 Å². The van der Waals surface area contributed by atoms with Crippen LogP contribution in [-0.2, 0) is 11.8 Å². The highest BCUT2D eigenvalue weighted by atomic mass is 35.5. The molecule has 3 heterocycles. The maximum atomic E-state index is 12.6. The molecule has 3 rings (SSSR count). The Balaban J connectivity index is 0.000000249. The van der Waals surface area contributed by atoms with Gasteiger partial charge in [0.15, 0.2) is 5.78 Å². The highest BCUT2D eigenvalue weighted by Gasteiger charge is 2.27. The van der Waals surface area contributed by atoms with Gasteiger partial charge >= 0.3 is 5.15 Å². The second-order valence-corrected chi connectivity index (χ2v) is 7.81. The minimum atomic E-state index is -2.93. The van der Waals surface area contributed by atoms with E-state index in [-0.39, 0.29) is 27.2 Å². The molecule has 12 heteroatoms. The van der Waals surface area contributed by atoms with Crippen LogP contribution < -0.4 is 4.73 Å². The van der Waals surface area contributed by atoms with E-state index in [1.807, 2.05) is 0 Å². The third-order valence-electron chi connectivity index (χ3n) is 3.76. The largest absolute Gasteiger partial charge is 0.325 e. The summed E-state index contributed by atoms with van der Waals surface area (Å²) in [6.45, 7) is 3.07. The van der Waals surface area contributed by atoms with Gasteiger partial charge in [-0.05, 0) is 42.8 Å². The second-order valence-electron chi connectivity index (χ2n) is 6.65. The normalized spacial score (nSPS) is 11.0. The summed E-state index contributed by atoms with van der Waals surface area (Å²) >= 11 is 16.3. The fraction of sp³-hybridized carbons (Fsp3) is 0.238. The van der Waals surface area contributed by atoms with Crippen LogP contribution in [0.15, 0.2) is 55.0 Å². The van der Waals surface area contributed by atoms with Gasteiger partial charge in [0.05, 0.1) is 0 Å². The molecule has 3 aromatic heterocycles. The molecule has 0 unspecified atom stereocenters. The van der Waals surface area contributed by atoms with Crippen LogP contribution in [0, 0.1) is 0 Å². The molecule has 0 aromatic carbocycles. The second kappa shape index (κ2) is 12.1. The zero-order valence-corrected chi connectivity index (χ0v) is 19.8. The highest BCUT2D eigenvalue weighted by molar-refractivity contribution is 6.30. The molecule has 0 aliphatic carbocycles. The predicted molar refractivity (Wildman–Crippen MR) is 116 cm³/mol. The van der Waals surface area contributed by atoms with Crippen LogP contribution in [0.25, 0.3) is 0 Å². The summed E-state index contributed by atoms with van der Waals surface area (Å²) in [6.07, 6.45) is 3.84. The third-order valence-corrected chi connectivity index (χ3v) is 4.46. The molecule has 0 radical (unpaired) electrons. The summed E-state index contributed by atoms with van der Waals surface area (Å²) in [4.78, 5) is 18.0. The highest BCUT2D eigenvalue weighted by Crippen LogP contribution is 2.28. The molecule has 0 spiro atoms. The van der Waals surface area contributed by atoms with E-state index < -0.39 is 11.8 Å². The van der Waals surface area contributed by atoms with Crippen molar-refractivity contribution in [2.24, 2.45) is 0 Å². The van der Waals surface area contributed by atoms with Gasteiger partial charge in [0.2, 0.25) is 6.20 Å². The molecule has 0 bridgehead atoms. The van der Waals surface area contributed by atoms with Crippen molar-refractivity contribution in [1.29, 1.82) is 0 Å². The molecule has 178 valence electrons. The van der Waals surface area contributed by atoms with Gasteiger partial charge in [0, 0.05) is 59.8 Å². The monoisotopic (exact) mass is 526 g/mol. The van der Waals surface area contributed by atoms with E-state index in [0.717, 1.165) is 38.2 Å². The van der Waals surface area contributed by atoms with Gasteiger partial charge in [-0.15, -0.1) is 0 Å². The van der Waals surface area contributed by atoms with E-state index in [0.29, 0.717) is 15.4 Å². The first-order chi connectivity index (χ1) is 15.1. The summed E-state index contributed by atoms with van der Waals surface area (Å²) < 4.78 is 50.9. The van der Waals surface area contributed by atoms with Gasteiger partial charge in [-0.25, -0.2) is 27.5 Å². The van der Waals surface area contributed by atoms with Gasteiger partial charge < -0.3 is 0 Å². The fourth-order valence-electron chi connectivity index (χ4n) is 2.03. The van der Waals surface area contributed by atoms with Crippen molar-refractivity contribution >= 4 is 40.6 Å². The lowest BCUT2D eigenvalue weighted by molar-refractivity contribution is -0.903. The van der Waals surface area contributed by atoms with Crippen molar-refractivity contribution in [3.05, 3.63) is 87.1 Å². The molecule has 1 N–H and O–H groups in total. The first-order valence-electron chi connectivity index (χ1n) is 9.02. The number of pyridine rings is 3. The van der Waals surface area contributed by atoms with Crippen molar-refractivity contribution < 1.29 is 32.3 Å². The summed E-state index contributed by atoms with van der Waals surface area (Å²) in [6, 6.07) is 7.69. The van der Waals surface area contributed by atoms with Crippen LogP contribution in [0.2, 0.25) is 15.5 Å². The maximum absolute atomic E-state index is 12.6. The molecule has 0 aliphatic heterocycles. The molecule has 3 aromatic rings. The van der Waals surface area contributed by atoms with Gasteiger partial charge in [0.1, 0.15) is 10.3 Å². The lowest BCUT2D eigenvalue weighted by Crippen LogP contribution is -2.31. The Morgan fingerprint density at radius 1 is 0.879 bits per heavy atom. The predicted octanol–water partition coefficient (Wildman–Crippen LogP) is 6.76. The zero-order valence-electron chi connectivity index (χ0n) is 17.5. The van der Waals surface area contributed by atoms with Crippen LogP contribution in [0.1, 0.15) is 42.3 Å². The molecule has 0 amide bonds. The molecular weight excluding hydrogens is 509 g/mol. The zero-order chi connectivity index (χ0) is 25.4. The van der Waals surface area contributed by atoms with Crippen molar-refractivity contribution in [2.75, 3.05) is 0 Å².